The highest BCUT2D eigenvalue weighted by Crippen LogP contribution is 2.35. The van der Waals surface area contributed by atoms with Gasteiger partial charge in [0.2, 0.25) is 0 Å². The van der Waals surface area contributed by atoms with Crippen molar-refractivity contribution in [2.24, 2.45) is 0 Å². The lowest BCUT2D eigenvalue weighted by atomic mass is 10.2. The van der Waals surface area contributed by atoms with Crippen LogP contribution in [-0.4, -0.2) is 12.0 Å². The van der Waals surface area contributed by atoms with Gasteiger partial charge in [-0.1, -0.05) is 13.8 Å². The Morgan fingerprint density at radius 3 is 2.48 bits per heavy atom. The monoisotopic (exact) mass is 432 g/mol. The largest absolute Gasteiger partial charge is 0.485 e. The summed E-state index contributed by atoms with van der Waals surface area (Å²) in [7, 11) is 1.93. The highest BCUT2D eigenvalue weighted by atomic mass is 79.9. The summed E-state index contributed by atoms with van der Waals surface area (Å²) in [5.74, 6) is 1.27. The lowest BCUT2D eigenvalue weighted by Gasteiger charge is -2.11. The Morgan fingerprint density at radius 2 is 1.95 bits per heavy atom. The van der Waals surface area contributed by atoms with Crippen molar-refractivity contribution >= 4 is 43.2 Å². The Morgan fingerprint density at radius 1 is 1.29 bits per heavy atom. The molecule has 0 radical (unpaired) electrons. The quantitative estimate of drug-likeness (QED) is 0.688. The molecule has 6 heteroatoms. The zero-order valence-corrected chi connectivity index (χ0v) is 16.2. The van der Waals surface area contributed by atoms with Gasteiger partial charge in [0.15, 0.2) is 0 Å². The molecule has 1 aromatic carbocycles. The van der Waals surface area contributed by atoms with E-state index in [0.717, 1.165) is 31.9 Å². The first-order valence-electron chi connectivity index (χ1n) is 6.71. The summed E-state index contributed by atoms with van der Waals surface area (Å²) in [5, 5.41) is 6.35. The number of ether oxygens (including phenoxy) is 1. The summed E-state index contributed by atoms with van der Waals surface area (Å²) in [6, 6.07) is 4.13. The highest BCUT2D eigenvalue weighted by molar-refractivity contribution is 9.11. The van der Waals surface area contributed by atoms with Crippen LogP contribution in [0.15, 0.2) is 26.5 Å². The molecule has 0 saturated heterocycles. The molecule has 0 unspecified atom stereocenters. The molecule has 114 valence electrons. The second-order valence-corrected chi connectivity index (χ2v) is 7.64. The molecular formula is C15H18Br2N2OS. The molecule has 0 aliphatic carbocycles. The fourth-order valence-electron chi connectivity index (χ4n) is 1.86. The van der Waals surface area contributed by atoms with Gasteiger partial charge >= 0.3 is 0 Å². The third-order valence-corrected chi connectivity index (χ3v) is 5.24. The molecular weight excluding hydrogens is 416 g/mol. The van der Waals surface area contributed by atoms with Gasteiger partial charge < -0.3 is 10.1 Å². The number of nitrogens with one attached hydrogen (secondary N) is 1. The standard InChI is InChI=1S/C15H18Br2N2OS/c1-9(2)15-19-11(8-21-15)7-20-14-12(16)4-10(6-18-3)5-13(14)17/h4-5,8-9,18H,6-7H2,1-3H3. The van der Waals surface area contributed by atoms with Crippen molar-refractivity contribution in [3.8, 4) is 5.75 Å². The van der Waals surface area contributed by atoms with Crippen molar-refractivity contribution in [1.29, 1.82) is 0 Å². The van der Waals surface area contributed by atoms with Crippen LogP contribution in [-0.2, 0) is 13.2 Å². The minimum Gasteiger partial charge on any atom is -0.485 e. The van der Waals surface area contributed by atoms with E-state index >= 15 is 0 Å². The summed E-state index contributed by atoms with van der Waals surface area (Å²) < 4.78 is 7.80. The average Bonchev–Trinajstić information content (AvgIpc) is 2.87. The summed E-state index contributed by atoms with van der Waals surface area (Å²) >= 11 is 8.83. The van der Waals surface area contributed by atoms with Crippen LogP contribution in [0.4, 0.5) is 0 Å². The van der Waals surface area contributed by atoms with Crippen LogP contribution in [0.3, 0.4) is 0 Å². The number of rotatable bonds is 6. The van der Waals surface area contributed by atoms with E-state index < -0.39 is 0 Å². The van der Waals surface area contributed by atoms with Crippen molar-refractivity contribution in [2.75, 3.05) is 7.05 Å². The van der Waals surface area contributed by atoms with E-state index in [1.807, 2.05) is 7.05 Å². The molecule has 0 fully saturated rings. The topological polar surface area (TPSA) is 34.1 Å². The Hall–Kier alpha value is -0.430. The molecule has 0 aliphatic rings. The van der Waals surface area contributed by atoms with E-state index in [0.29, 0.717) is 12.5 Å². The van der Waals surface area contributed by atoms with Gasteiger partial charge in [0, 0.05) is 17.8 Å². The molecule has 21 heavy (non-hydrogen) atoms. The van der Waals surface area contributed by atoms with Crippen LogP contribution in [0, 0.1) is 0 Å². The molecule has 0 amide bonds. The molecule has 0 atom stereocenters. The second kappa shape index (κ2) is 7.72. The summed E-state index contributed by atoms with van der Waals surface area (Å²) in [5.41, 5.74) is 2.17. The fourth-order valence-corrected chi connectivity index (χ4v) is 4.19. The molecule has 3 nitrogen and oxygen atoms in total. The van der Waals surface area contributed by atoms with Crippen LogP contribution < -0.4 is 10.1 Å². The number of hydrogen-bond donors (Lipinski definition) is 1. The molecule has 1 N–H and O–H groups in total. The lowest BCUT2D eigenvalue weighted by Crippen LogP contribution is -2.05. The maximum Gasteiger partial charge on any atom is 0.148 e. The van der Waals surface area contributed by atoms with Gasteiger partial charge in [-0.25, -0.2) is 4.98 Å². The molecule has 2 rings (SSSR count). The summed E-state index contributed by atoms with van der Waals surface area (Å²) in [4.78, 5) is 4.58. The highest BCUT2D eigenvalue weighted by Gasteiger charge is 2.11. The molecule has 0 bridgehead atoms. The van der Waals surface area contributed by atoms with Crippen molar-refractivity contribution in [3.63, 3.8) is 0 Å². The smallest absolute Gasteiger partial charge is 0.148 e. The third kappa shape index (κ3) is 4.52. The molecule has 0 saturated carbocycles. The maximum absolute atomic E-state index is 5.91. The molecule has 1 aromatic heterocycles. The number of nitrogens with zero attached hydrogens (tertiary/aromatic N) is 1. The Bertz CT molecular complexity index is 590. The number of benzene rings is 1. The first kappa shape index (κ1) is 16.9. The Balaban J connectivity index is 2.08. The van der Waals surface area contributed by atoms with Crippen LogP contribution >= 0.6 is 43.2 Å². The Labute approximate surface area is 146 Å². The average molecular weight is 434 g/mol. The van der Waals surface area contributed by atoms with Crippen LogP contribution in [0.5, 0.6) is 5.75 Å². The van der Waals surface area contributed by atoms with Crippen LogP contribution in [0.1, 0.15) is 36.0 Å². The molecule has 1 heterocycles. The van der Waals surface area contributed by atoms with Crippen molar-refractivity contribution in [1.82, 2.24) is 10.3 Å². The first-order chi connectivity index (χ1) is 10.0. The lowest BCUT2D eigenvalue weighted by molar-refractivity contribution is 0.298. The minimum absolute atomic E-state index is 0.461. The van der Waals surface area contributed by atoms with E-state index in [1.54, 1.807) is 11.3 Å². The summed E-state index contributed by atoms with van der Waals surface area (Å²) in [6.07, 6.45) is 0. The van der Waals surface area contributed by atoms with E-state index in [1.165, 1.54) is 5.56 Å². The Kier molecular flexibility index (Phi) is 6.22. The zero-order chi connectivity index (χ0) is 15.4. The van der Waals surface area contributed by atoms with Crippen molar-refractivity contribution in [3.05, 3.63) is 42.7 Å². The van der Waals surface area contributed by atoms with Gasteiger partial charge in [0.05, 0.1) is 19.6 Å². The van der Waals surface area contributed by atoms with Gasteiger partial charge in [0.25, 0.3) is 0 Å². The molecule has 2 aromatic rings. The SMILES string of the molecule is CNCc1cc(Br)c(OCc2csc(C(C)C)n2)c(Br)c1. The van der Waals surface area contributed by atoms with E-state index in [2.05, 4.69) is 73.5 Å². The fraction of sp³-hybridized carbons (Fsp3) is 0.400. The predicted molar refractivity (Wildman–Crippen MR) is 95.1 cm³/mol. The number of aromatic nitrogens is 1. The third-order valence-electron chi connectivity index (χ3n) is 2.87. The number of halogens is 2. The van der Waals surface area contributed by atoms with Crippen LogP contribution in [0.25, 0.3) is 0 Å². The maximum atomic E-state index is 5.91. The van der Waals surface area contributed by atoms with E-state index in [-0.39, 0.29) is 0 Å². The number of thiazole rings is 1. The van der Waals surface area contributed by atoms with Crippen molar-refractivity contribution in [2.45, 2.75) is 32.9 Å². The predicted octanol–water partition coefficient (Wildman–Crippen LogP) is 5.09. The van der Waals surface area contributed by atoms with E-state index in [9.17, 15) is 0 Å². The van der Waals surface area contributed by atoms with Crippen LogP contribution in [0.2, 0.25) is 0 Å². The summed E-state index contributed by atoms with van der Waals surface area (Å²) in [6.45, 7) is 5.60. The molecule has 0 aliphatic heterocycles. The minimum atomic E-state index is 0.461. The number of hydrogen-bond acceptors (Lipinski definition) is 4. The van der Waals surface area contributed by atoms with Gasteiger partial charge in [-0.2, -0.15) is 0 Å². The van der Waals surface area contributed by atoms with Gasteiger partial charge in [-0.05, 0) is 56.6 Å². The van der Waals surface area contributed by atoms with Gasteiger partial charge in [-0.3, -0.25) is 0 Å². The van der Waals surface area contributed by atoms with Crippen molar-refractivity contribution < 1.29 is 4.74 Å². The second-order valence-electron chi connectivity index (χ2n) is 5.04. The molecule has 0 spiro atoms. The normalized spacial score (nSPS) is 11.1. The van der Waals surface area contributed by atoms with Gasteiger partial charge in [-0.15, -0.1) is 11.3 Å². The van der Waals surface area contributed by atoms with Gasteiger partial charge in [0.1, 0.15) is 12.4 Å². The first-order valence-corrected chi connectivity index (χ1v) is 9.17. The zero-order valence-electron chi connectivity index (χ0n) is 12.2. The van der Waals surface area contributed by atoms with E-state index in [4.69, 9.17) is 4.74 Å².